The van der Waals surface area contributed by atoms with Crippen LogP contribution in [0.4, 0.5) is 0 Å². The number of ether oxygens (including phenoxy) is 8. The third-order valence-electron chi connectivity index (χ3n) is 9.06. The Balaban J connectivity index is 1.52. The van der Waals surface area contributed by atoms with Gasteiger partial charge in [0.1, 0.15) is 85.5 Å². The maximum Gasteiger partial charge on any atom is 0.364 e. The summed E-state index contributed by atoms with van der Waals surface area (Å²) in [5, 5.41) is 145. The van der Waals surface area contributed by atoms with Crippen molar-refractivity contribution in [3.8, 4) is 0 Å². The first-order valence-corrected chi connectivity index (χ1v) is 16.0. The minimum absolute atomic E-state index is 0.841. The van der Waals surface area contributed by atoms with Crippen LogP contribution in [0, 0.1) is 0 Å². The Morgan fingerprint density at radius 1 is 0.673 bits per heavy atom. The highest BCUT2D eigenvalue weighted by Gasteiger charge is 2.57. The van der Waals surface area contributed by atoms with Gasteiger partial charge in [-0.25, -0.2) is 4.79 Å². The van der Waals surface area contributed by atoms with Crippen molar-refractivity contribution in [1.82, 2.24) is 0 Å². The molecule has 24 nitrogen and oxygen atoms in total. The van der Waals surface area contributed by atoms with Crippen molar-refractivity contribution >= 4 is 11.9 Å². The fourth-order valence-electron chi connectivity index (χ4n) is 6.27. The van der Waals surface area contributed by atoms with E-state index in [1.165, 1.54) is 0 Å². The zero-order chi connectivity index (χ0) is 38.8. The molecule has 0 radical (unpaired) electrons. The number of hydrogen-bond acceptors (Lipinski definition) is 23. The lowest BCUT2D eigenvalue weighted by Crippen LogP contribution is -2.68. The second-order valence-electron chi connectivity index (χ2n) is 12.7. The third kappa shape index (κ3) is 8.82. The molecule has 302 valence electrons. The molecule has 24 heteroatoms. The standard InChI is InChI=1S/C28H46O24/c1-7(33)45-23-15(38)13(36)10(4-30)47-26(23)50-21-12(6-32)48-24(17(40)16(21)39)51-22-14(37)11(5-31)46-25(18(22)41)49-19-8(34)2-28(44,27(42)43)52-20(19)9(35)3-29/h8-26,29-32,34-41,44H,2-6H2,1H3,(H,42,43)/t8?,9-,10?,11?,12?,13+,14+,15?,16?,17?,18?,19-,20?,21+,22?,23?,24-,25+,26+,28-/m1/s1. The molecule has 0 spiro atoms. The number of carbonyl (C=O) groups is 2. The summed E-state index contributed by atoms with van der Waals surface area (Å²) in [6.45, 7) is -2.90. The first-order chi connectivity index (χ1) is 24.4. The number of carbonyl (C=O) groups excluding carboxylic acids is 1. The Bertz CT molecular complexity index is 1180. The molecule has 0 aliphatic carbocycles. The van der Waals surface area contributed by atoms with Gasteiger partial charge < -0.3 is 109 Å². The summed E-state index contributed by atoms with van der Waals surface area (Å²) in [6.07, 6.45) is -36.7. The molecule has 11 unspecified atom stereocenters. The van der Waals surface area contributed by atoms with Gasteiger partial charge >= 0.3 is 11.9 Å². The summed E-state index contributed by atoms with van der Waals surface area (Å²) >= 11 is 0. The van der Waals surface area contributed by atoms with Crippen LogP contribution < -0.4 is 0 Å². The second kappa shape index (κ2) is 17.7. The maximum absolute atomic E-state index is 11.7. The van der Waals surface area contributed by atoms with E-state index in [-0.39, 0.29) is 0 Å². The Morgan fingerprint density at radius 2 is 1.17 bits per heavy atom. The number of aliphatic carboxylic acids is 1. The maximum atomic E-state index is 11.7. The molecule has 20 atom stereocenters. The molecule has 4 aliphatic rings. The van der Waals surface area contributed by atoms with Crippen LogP contribution in [0.2, 0.25) is 0 Å². The highest BCUT2D eigenvalue weighted by molar-refractivity contribution is 5.75. The fourth-order valence-corrected chi connectivity index (χ4v) is 6.27. The Morgan fingerprint density at radius 3 is 1.73 bits per heavy atom. The molecular formula is C28H46O24. The minimum atomic E-state index is -3.03. The van der Waals surface area contributed by atoms with Crippen LogP contribution in [0.15, 0.2) is 0 Å². The van der Waals surface area contributed by atoms with Gasteiger partial charge in [0.25, 0.3) is 5.79 Å². The third-order valence-corrected chi connectivity index (χ3v) is 9.06. The predicted molar refractivity (Wildman–Crippen MR) is 155 cm³/mol. The molecular weight excluding hydrogens is 720 g/mol. The lowest BCUT2D eigenvalue weighted by atomic mass is 9.92. The first-order valence-electron chi connectivity index (χ1n) is 16.0. The quantitative estimate of drug-likeness (QED) is 0.0774. The van der Waals surface area contributed by atoms with E-state index in [2.05, 4.69) is 0 Å². The normalized spacial score (nSPS) is 47.8. The molecule has 0 aromatic heterocycles. The number of rotatable bonds is 13. The SMILES string of the molecule is CC(=O)OC1C(O)[C@@H](O)C(CO)O[C@H]1O[C@H]1C(CO)O[C@H](OC2C(O)[C@H](O[C@@H]3C(O)C[C@](O)(C(=O)O)OC3[C@H](O)CO)OC(CO)[C@@H]2O)C(O)C1O. The highest BCUT2D eigenvalue weighted by atomic mass is 16.8. The molecule has 4 rings (SSSR count). The summed E-state index contributed by atoms with van der Waals surface area (Å²) in [5.41, 5.74) is 0. The van der Waals surface area contributed by atoms with Gasteiger partial charge in [0.15, 0.2) is 25.0 Å². The zero-order valence-corrected chi connectivity index (χ0v) is 27.3. The van der Waals surface area contributed by atoms with Crippen LogP contribution in [0.3, 0.4) is 0 Å². The summed E-state index contributed by atoms with van der Waals surface area (Å²) in [5.74, 6) is -5.93. The average Bonchev–Trinajstić information content (AvgIpc) is 3.10. The van der Waals surface area contributed by atoms with Gasteiger partial charge in [-0.1, -0.05) is 0 Å². The first kappa shape index (κ1) is 42.9. The molecule has 0 aromatic carbocycles. The number of carboxylic acid groups (broad SMARTS) is 1. The van der Waals surface area contributed by atoms with Crippen molar-refractivity contribution in [2.24, 2.45) is 0 Å². The molecule has 0 aromatic rings. The van der Waals surface area contributed by atoms with Crippen LogP contribution in [-0.2, 0) is 47.5 Å². The topological polar surface area (TPSA) is 391 Å². The van der Waals surface area contributed by atoms with E-state index >= 15 is 0 Å². The van der Waals surface area contributed by atoms with Crippen molar-refractivity contribution in [2.45, 2.75) is 136 Å². The molecule has 4 saturated heterocycles. The van der Waals surface area contributed by atoms with E-state index in [1.54, 1.807) is 0 Å². The average molecular weight is 767 g/mol. The van der Waals surface area contributed by atoms with Gasteiger partial charge in [-0.15, -0.1) is 0 Å². The van der Waals surface area contributed by atoms with Crippen LogP contribution in [0.25, 0.3) is 0 Å². The molecule has 0 bridgehead atoms. The Hall–Kier alpha value is -1.86. The van der Waals surface area contributed by atoms with Gasteiger partial charge in [0, 0.05) is 13.3 Å². The van der Waals surface area contributed by atoms with Crippen molar-refractivity contribution in [3.63, 3.8) is 0 Å². The molecule has 0 saturated carbocycles. The molecule has 4 fully saturated rings. The highest BCUT2D eigenvalue weighted by Crippen LogP contribution is 2.36. The zero-order valence-electron chi connectivity index (χ0n) is 27.3. The van der Waals surface area contributed by atoms with Crippen molar-refractivity contribution in [1.29, 1.82) is 0 Å². The molecule has 4 aliphatic heterocycles. The van der Waals surface area contributed by atoms with Gasteiger partial charge in [0.05, 0.1) is 32.5 Å². The van der Waals surface area contributed by atoms with Gasteiger partial charge in [-0.05, 0) is 0 Å². The summed E-state index contributed by atoms with van der Waals surface area (Å²) in [7, 11) is 0. The number of esters is 1. The fraction of sp³-hybridized carbons (Fsp3) is 0.929. The smallest absolute Gasteiger partial charge is 0.364 e. The van der Waals surface area contributed by atoms with E-state index in [0.717, 1.165) is 6.92 Å². The van der Waals surface area contributed by atoms with Crippen LogP contribution >= 0.6 is 0 Å². The lowest BCUT2D eigenvalue weighted by molar-refractivity contribution is -0.389. The second-order valence-corrected chi connectivity index (χ2v) is 12.7. The largest absolute Gasteiger partial charge is 0.477 e. The van der Waals surface area contributed by atoms with E-state index in [9.17, 15) is 81.1 Å². The number of aliphatic hydroxyl groups excluding tert-OH is 12. The number of hydrogen-bond donors (Lipinski definition) is 14. The summed E-state index contributed by atoms with van der Waals surface area (Å²) < 4.78 is 43.2. The predicted octanol–water partition coefficient (Wildman–Crippen LogP) is -9.33. The van der Waals surface area contributed by atoms with Gasteiger partial charge in [0.2, 0.25) is 0 Å². The van der Waals surface area contributed by atoms with Crippen molar-refractivity contribution < 1.29 is 119 Å². The minimum Gasteiger partial charge on any atom is -0.477 e. The number of aliphatic hydroxyl groups is 13. The summed E-state index contributed by atoms with van der Waals surface area (Å²) in [6, 6.07) is 0. The summed E-state index contributed by atoms with van der Waals surface area (Å²) in [4.78, 5) is 23.3. The Labute approximate surface area is 293 Å². The van der Waals surface area contributed by atoms with E-state index in [4.69, 9.17) is 37.9 Å². The monoisotopic (exact) mass is 766 g/mol. The van der Waals surface area contributed by atoms with Crippen LogP contribution in [0.1, 0.15) is 13.3 Å². The van der Waals surface area contributed by atoms with Gasteiger partial charge in [-0.2, -0.15) is 0 Å². The molecule has 52 heavy (non-hydrogen) atoms. The van der Waals surface area contributed by atoms with E-state index in [1.807, 2.05) is 0 Å². The molecule has 0 amide bonds. The molecule has 4 heterocycles. The van der Waals surface area contributed by atoms with Crippen molar-refractivity contribution in [2.75, 3.05) is 26.4 Å². The van der Waals surface area contributed by atoms with E-state index < -0.39 is 167 Å². The molecule has 14 N–H and O–H groups in total. The van der Waals surface area contributed by atoms with Crippen LogP contribution in [0.5, 0.6) is 0 Å². The Kier molecular flexibility index (Phi) is 14.6. The van der Waals surface area contributed by atoms with Crippen molar-refractivity contribution in [3.05, 3.63) is 0 Å². The van der Waals surface area contributed by atoms with Crippen LogP contribution in [-0.4, -0.2) is 232 Å². The van der Waals surface area contributed by atoms with Gasteiger partial charge in [-0.3, -0.25) is 4.79 Å². The van der Waals surface area contributed by atoms with E-state index in [0.29, 0.717) is 0 Å². The number of carboxylic acids is 1. The lowest BCUT2D eigenvalue weighted by Gasteiger charge is -2.49.